The molecule has 2 rings (SSSR count). The quantitative estimate of drug-likeness (QED) is 0.604. The van der Waals surface area contributed by atoms with Gasteiger partial charge in [-0.1, -0.05) is 29.8 Å². The highest BCUT2D eigenvalue weighted by atomic mass is 35.5. The van der Waals surface area contributed by atoms with E-state index in [1.54, 1.807) is 48.2 Å². The van der Waals surface area contributed by atoms with Crippen LogP contribution in [0.1, 0.15) is 16.8 Å². The molecule has 0 aliphatic rings. The smallest absolute Gasteiger partial charge is 0.329 e. The molecular weight excluding hydrogens is 402 g/mol. The first-order chi connectivity index (χ1) is 13.5. The summed E-state index contributed by atoms with van der Waals surface area (Å²) in [5, 5.41) is 5.60. The van der Waals surface area contributed by atoms with Gasteiger partial charge in [-0.15, -0.1) is 0 Å². The van der Waals surface area contributed by atoms with Crippen LogP contribution in [0.4, 0.5) is 5.82 Å². The van der Waals surface area contributed by atoms with Gasteiger partial charge in [-0.3, -0.25) is 9.59 Å². The number of carbonyl (C=O) groups is 3. The van der Waals surface area contributed by atoms with Crippen LogP contribution in [0.5, 0.6) is 0 Å². The number of nitrogens with one attached hydrogen (secondary N) is 2. The third-order valence-corrected chi connectivity index (χ3v) is 4.44. The van der Waals surface area contributed by atoms with Crippen molar-refractivity contribution in [2.24, 2.45) is 0 Å². The maximum absolute atomic E-state index is 12.4. The van der Waals surface area contributed by atoms with Crippen LogP contribution >= 0.6 is 23.4 Å². The fraction of sp³-hybridized carbons (Fsp3) is 0.263. The number of esters is 1. The zero-order valence-electron chi connectivity index (χ0n) is 15.2. The van der Waals surface area contributed by atoms with E-state index in [9.17, 15) is 14.4 Å². The van der Waals surface area contributed by atoms with Gasteiger partial charge in [0.15, 0.2) is 6.61 Å². The van der Waals surface area contributed by atoms with Crippen LogP contribution in [-0.2, 0) is 14.3 Å². The summed E-state index contributed by atoms with van der Waals surface area (Å²) in [7, 11) is 0. The Labute approximate surface area is 172 Å². The standard InChI is InChI=1S/C19H20ClN3O4S/c1-28-10-9-15(22-18(25)13-5-3-2-4-6-13)19(26)27-12-17(24)23-16-8-7-14(20)11-21-16/h2-8,11,15H,9-10,12H2,1H3,(H,22,25)(H,21,23,24). The number of nitrogens with zero attached hydrogens (tertiary/aromatic N) is 1. The maximum Gasteiger partial charge on any atom is 0.329 e. The second-order valence-electron chi connectivity index (χ2n) is 5.69. The molecule has 2 N–H and O–H groups in total. The second kappa shape index (κ2) is 11.3. The zero-order chi connectivity index (χ0) is 20.4. The molecule has 1 aromatic carbocycles. The van der Waals surface area contributed by atoms with E-state index >= 15 is 0 Å². The molecular formula is C19H20ClN3O4S. The van der Waals surface area contributed by atoms with Crippen LogP contribution in [0.15, 0.2) is 48.7 Å². The summed E-state index contributed by atoms with van der Waals surface area (Å²) >= 11 is 7.27. The number of hydrogen-bond donors (Lipinski definition) is 2. The molecule has 0 saturated heterocycles. The first-order valence-corrected chi connectivity index (χ1v) is 10.2. The first-order valence-electron chi connectivity index (χ1n) is 8.42. The third-order valence-electron chi connectivity index (χ3n) is 3.58. The van der Waals surface area contributed by atoms with Gasteiger partial charge < -0.3 is 15.4 Å². The lowest BCUT2D eigenvalue weighted by atomic mass is 10.1. The van der Waals surface area contributed by atoms with Crippen molar-refractivity contribution in [2.75, 3.05) is 23.9 Å². The number of amides is 2. The Hall–Kier alpha value is -2.58. The number of halogens is 1. The number of benzene rings is 1. The van der Waals surface area contributed by atoms with Crippen molar-refractivity contribution >= 4 is 47.0 Å². The summed E-state index contributed by atoms with van der Waals surface area (Å²) in [6.07, 6.45) is 3.67. The Kier molecular flexibility index (Phi) is 8.77. The molecule has 0 saturated carbocycles. The maximum atomic E-state index is 12.4. The third kappa shape index (κ3) is 7.21. The number of thioether (sulfide) groups is 1. The van der Waals surface area contributed by atoms with E-state index in [1.165, 1.54) is 12.3 Å². The summed E-state index contributed by atoms with van der Waals surface area (Å²) in [5.74, 6) is -0.644. The van der Waals surface area contributed by atoms with Crippen LogP contribution in [0, 0.1) is 0 Å². The molecule has 1 unspecified atom stereocenters. The van der Waals surface area contributed by atoms with Gasteiger partial charge >= 0.3 is 5.97 Å². The lowest BCUT2D eigenvalue weighted by molar-refractivity contribution is -0.149. The molecule has 1 heterocycles. The number of anilines is 1. The first kappa shape index (κ1) is 21.7. The van der Waals surface area contributed by atoms with Crippen molar-refractivity contribution in [3.05, 3.63) is 59.2 Å². The Morgan fingerprint density at radius 1 is 1.18 bits per heavy atom. The summed E-state index contributed by atoms with van der Waals surface area (Å²) < 4.78 is 5.07. The van der Waals surface area contributed by atoms with Crippen LogP contribution in [0.2, 0.25) is 5.02 Å². The Morgan fingerprint density at radius 3 is 2.57 bits per heavy atom. The van der Waals surface area contributed by atoms with Gasteiger partial charge in [0.2, 0.25) is 0 Å². The van der Waals surface area contributed by atoms with E-state index in [2.05, 4.69) is 15.6 Å². The monoisotopic (exact) mass is 421 g/mol. The van der Waals surface area contributed by atoms with Gasteiger partial charge in [-0.05, 0) is 42.7 Å². The van der Waals surface area contributed by atoms with Crippen molar-refractivity contribution in [1.82, 2.24) is 10.3 Å². The van der Waals surface area contributed by atoms with Crippen LogP contribution in [0.3, 0.4) is 0 Å². The summed E-state index contributed by atoms with van der Waals surface area (Å²) in [6, 6.07) is 10.8. The van der Waals surface area contributed by atoms with E-state index in [1.807, 2.05) is 6.26 Å². The second-order valence-corrected chi connectivity index (χ2v) is 7.11. The summed E-state index contributed by atoms with van der Waals surface area (Å²) in [6.45, 7) is -0.486. The average Bonchev–Trinajstić information content (AvgIpc) is 2.71. The molecule has 0 radical (unpaired) electrons. The highest BCUT2D eigenvalue weighted by molar-refractivity contribution is 7.98. The minimum atomic E-state index is -0.846. The van der Waals surface area contributed by atoms with Crippen molar-refractivity contribution < 1.29 is 19.1 Å². The van der Waals surface area contributed by atoms with Gasteiger partial charge in [0.25, 0.3) is 11.8 Å². The van der Waals surface area contributed by atoms with Gasteiger partial charge in [-0.25, -0.2) is 9.78 Å². The van der Waals surface area contributed by atoms with E-state index in [4.69, 9.17) is 16.3 Å². The van der Waals surface area contributed by atoms with Gasteiger partial charge in [-0.2, -0.15) is 11.8 Å². The fourth-order valence-electron chi connectivity index (χ4n) is 2.18. The molecule has 2 aromatic rings. The van der Waals surface area contributed by atoms with Gasteiger partial charge in [0.05, 0.1) is 5.02 Å². The van der Waals surface area contributed by atoms with Crippen molar-refractivity contribution in [1.29, 1.82) is 0 Å². The van der Waals surface area contributed by atoms with E-state index < -0.39 is 24.5 Å². The van der Waals surface area contributed by atoms with Crippen LogP contribution in [0.25, 0.3) is 0 Å². The molecule has 9 heteroatoms. The van der Waals surface area contributed by atoms with Crippen molar-refractivity contribution in [2.45, 2.75) is 12.5 Å². The molecule has 0 fully saturated rings. The fourth-order valence-corrected chi connectivity index (χ4v) is 2.76. The summed E-state index contributed by atoms with van der Waals surface area (Å²) in [5.41, 5.74) is 0.441. The number of hydrogen-bond acceptors (Lipinski definition) is 6. The highest BCUT2D eigenvalue weighted by Crippen LogP contribution is 2.10. The predicted molar refractivity (Wildman–Crippen MR) is 110 cm³/mol. The molecule has 148 valence electrons. The molecule has 1 aromatic heterocycles. The molecule has 28 heavy (non-hydrogen) atoms. The lowest BCUT2D eigenvalue weighted by Crippen LogP contribution is -2.43. The summed E-state index contributed by atoms with van der Waals surface area (Å²) in [4.78, 5) is 40.5. The minimum Gasteiger partial charge on any atom is -0.454 e. The lowest BCUT2D eigenvalue weighted by Gasteiger charge is -2.17. The molecule has 0 spiro atoms. The zero-order valence-corrected chi connectivity index (χ0v) is 16.8. The number of ether oxygens (including phenoxy) is 1. The van der Waals surface area contributed by atoms with Gasteiger partial charge in [0, 0.05) is 11.8 Å². The number of aromatic nitrogens is 1. The normalized spacial score (nSPS) is 11.4. The molecule has 0 bridgehead atoms. The Bertz CT molecular complexity index is 803. The van der Waals surface area contributed by atoms with Crippen molar-refractivity contribution in [3.8, 4) is 0 Å². The Morgan fingerprint density at radius 2 is 1.93 bits per heavy atom. The molecule has 7 nitrogen and oxygen atoms in total. The number of carbonyl (C=O) groups excluding carboxylic acids is 3. The molecule has 0 aliphatic carbocycles. The topological polar surface area (TPSA) is 97.4 Å². The van der Waals surface area contributed by atoms with Crippen LogP contribution < -0.4 is 10.6 Å². The van der Waals surface area contributed by atoms with Gasteiger partial charge in [0.1, 0.15) is 11.9 Å². The largest absolute Gasteiger partial charge is 0.454 e. The average molecular weight is 422 g/mol. The van der Waals surface area contributed by atoms with E-state index in [-0.39, 0.29) is 5.91 Å². The predicted octanol–water partition coefficient (Wildman–Crippen LogP) is 2.77. The molecule has 0 aliphatic heterocycles. The molecule has 2 amide bonds. The minimum absolute atomic E-state index is 0.293. The number of rotatable bonds is 9. The molecule has 1 atom stereocenters. The SMILES string of the molecule is CSCCC(NC(=O)c1ccccc1)C(=O)OCC(=O)Nc1ccc(Cl)cn1. The van der Waals surface area contributed by atoms with Crippen LogP contribution in [-0.4, -0.2) is 47.4 Å². The number of pyridine rings is 1. The van der Waals surface area contributed by atoms with Crippen molar-refractivity contribution in [3.63, 3.8) is 0 Å². The van der Waals surface area contributed by atoms with E-state index in [0.717, 1.165) is 0 Å². The van der Waals surface area contributed by atoms with E-state index in [0.29, 0.717) is 28.6 Å². The Balaban J connectivity index is 1.89. The highest BCUT2D eigenvalue weighted by Gasteiger charge is 2.23.